The maximum absolute atomic E-state index is 11.0. The van der Waals surface area contributed by atoms with Gasteiger partial charge in [-0.15, -0.1) is 0 Å². The Hall–Kier alpha value is -2.40. The van der Waals surface area contributed by atoms with Crippen molar-refractivity contribution in [2.45, 2.75) is 20.3 Å². The molecule has 1 aromatic carbocycles. The van der Waals surface area contributed by atoms with Crippen molar-refractivity contribution >= 4 is 5.91 Å². The van der Waals surface area contributed by atoms with Crippen LogP contribution in [0.2, 0.25) is 0 Å². The van der Waals surface area contributed by atoms with Crippen LogP contribution in [-0.2, 0) is 6.42 Å². The van der Waals surface area contributed by atoms with Gasteiger partial charge in [0.05, 0.1) is 5.56 Å². The Balaban J connectivity index is 1.85. The highest BCUT2D eigenvalue weighted by Crippen LogP contribution is 2.20. The van der Waals surface area contributed by atoms with Crippen molar-refractivity contribution in [3.63, 3.8) is 0 Å². The van der Waals surface area contributed by atoms with Gasteiger partial charge >= 0.3 is 0 Å². The molecule has 5 nitrogen and oxygen atoms in total. The maximum Gasteiger partial charge on any atom is 0.250 e. The quantitative estimate of drug-likeness (QED) is 0.735. The number of rotatable bonds is 8. The topological polar surface area (TPSA) is 77.2 Å². The van der Waals surface area contributed by atoms with Crippen LogP contribution < -0.4 is 15.8 Å². The highest BCUT2D eigenvalue weighted by Gasteiger charge is 2.03. The summed E-state index contributed by atoms with van der Waals surface area (Å²) < 4.78 is 5.65. The zero-order valence-corrected chi connectivity index (χ0v) is 13.6. The van der Waals surface area contributed by atoms with Gasteiger partial charge in [0.2, 0.25) is 11.8 Å². The van der Waals surface area contributed by atoms with Crippen LogP contribution in [0, 0.1) is 5.92 Å². The van der Waals surface area contributed by atoms with E-state index in [2.05, 4.69) is 24.1 Å². The van der Waals surface area contributed by atoms with Crippen molar-refractivity contribution in [3.05, 3.63) is 53.7 Å². The second-order valence-electron chi connectivity index (χ2n) is 5.84. The number of aromatic nitrogens is 1. The number of pyridine rings is 1. The van der Waals surface area contributed by atoms with Crippen LogP contribution in [0.25, 0.3) is 0 Å². The lowest BCUT2D eigenvalue weighted by atomic mass is 10.1. The second-order valence-corrected chi connectivity index (χ2v) is 5.84. The van der Waals surface area contributed by atoms with Crippen molar-refractivity contribution in [1.29, 1.82) is 0 Å². The smallest absolute Gasteiger partial charge is 0.250 e. The van der Waals surface area contributed by atoms with Crippen LogP contribution in [-0.4, -0.2) is 24.0 Å². The number of carbonyl (C=O) groups is 1. The third kappa shape index (κ3) is 5.71. The van der Waals surface area contributed by atoms with E-state index in [9.17, 15) is 4.79 Å². The molecule has 0 radical (unpaired) electrons. The van der Waals surface area contributed by atoms with Crippen LogP contribution in [0.3, 0.4) is 0 Å². The molecule has 0 fully saturated rings. The Morgan fingerprint density at radius 1 is 1.22 bits per heavy atom. The van der Waals surface area contributed by atoms with Crippen LogP contribution in [0.15, 0.2) is 42.6 Å². The minimum atomic E-state index is -0.500. The first kappa shape index (κ1) is 17.0. The molecule has 0 aliphatic rings. The molecule has 3 N–H and O–H groups in total. The SMILES string of the molecule is CC(C)CNCCc1ccc(Oc2ccc(C(N)=O)cn2)cc1. The lowest BCUT2D eigenvalue weighted by Crippen LogP contribution is -2.22. The fourth-order valence-electron chi connectivity index (χ4n) is 2.05. The molecule has 23 heavy (non-hydrogen) atoms. The fraction of sp³-hybridized carbons (Fsp3) is 0.333. The summed E-state index contributed by atoms with van der Waals surface area (Å²) in [6, 6.07) is 11.2. The van der Waals surface area contributed by atoms with Gasteiger partial charge in [0.25, 0.3) is 0 Å². The van der Waals surface area contributed by atoms with Gasteiger partial charge < -0.3 is 15.8 Å². The van der Waals surface area contributed by atoms with E-state index >= 15 is 0 Å². The van der Waals surface area contributed by atoms with Crippen LogP contribution in [0.4, 0.5) is 0 Å². The summed E-state index contributed by atoms with van der Waals surface area (Å²) in [5, 5.41) is 3.42. The number of benzene rings is 1. The van der Waals surface area contributed by atoms with E-state index in [1.165, 1.54) is 11.8 Å². The molecule has 0 saturated heterocycles. The number of hydrogen-bond donors (Lipinski definition) is 2. The minimum absolute atomic E-state index is 0.363. The van der Waals surface area contributed by atoms with Gasteiger partial charge in [-0.25, -0.2) is 4.98 Å². The monoisotopic (exact) mass is 313 g/mol. The number of ether oxygens (including phenoxy) is 1. The number of carbonyl (C=O) groups excluding carboxylic acids is 1. The summed E-state index contributed by atoms with van der Waals surface area (Å²) in [6.45, 7) is 6.40. The Bertz CT molecular complexity index is 622. The summed E-state index contributed by atoms with van der Waals surface area (Å²) >= 11 is 0. The lowest BCUT2D eigenvalue weighted by Gasteiger charge is -2.08. The van der Waals surface area contributed by atoms with Crippen molar-refractivity contribution in [3.8, 4) is 11.6 Å². The number of nitrogens with zero attached hydrogens (tertiary/aromatic N) is 1. The highest BCUT2D eigenvalue weighted by molar-refractivity contribution is 5.92. The molecule has 0 saturated carbocycles. The van der Waals surface area contributed by atoms with Gasteiger partial charge in [0.15, 0.2) is 0 Å². The number of primary amides is 1. The average Bonchev–Trinajstić information content (AvgIpc) is 2.53. The average molecular weight is 313 g/mol. The maximum atomic E-state index is 11.0. The summed E-state index contributed by atoms with van der Waals surface area (Å²) in [4.78, 5) is 15.1. The molecule has 1 heterocycles. The molecule has 1 aromatic heterocycles. The normalized spacial score (nSPS) is 10.7. The van der Waals surface area contributed by atoms with Crippen LogP contribution in [0.1, 0.15) is 29.8 Å². The Kier molecular flexibility index (Phi) is 6.11. The minimum Gasteiger partial charge on any atom is -0.439 e. The second kappa shape index (κ2) is 8.29. The molecule has 0 aliphatic carbocycles. The summed E-state index contributed by atoms with van der Waals surface area (Å²) in [7, 11) is 0. The zero-order valence-electron chi connectivity index (χ0n) is 13.6. The first-order chi connectivity index (χ1) is 11.0. The van der Waals surface area contributed by atoms with Crippen LogP contribution >= 0.6 is 0 Å². The molecule has 0 bridgehead atoms. The molecule has 2 aromatic rings. The third-order valence-corrected chi connectivity index (χ3v) is 3.31. The van der Waals surface area contributed by atoms with Crippen molar-refractivity contribution in [2.75, 3.05) is 13.1 Å². The van der Waals surface area contributed by atoms with Gasteiger partial charge in [0, 0.05) is 12.3 Å². The number of hydrogen-bond acceptors (Lipinski definition) is 4. The van der Waals surface area contributed by atoms with Gasteiger partial charge in [-0.05, 0) is 49.2 Å². The number of nitrogens with two attached hydrogens (primary N) is 1. The number of nitrogens with one attached hydrogen (secondary N) is 1. The molecular formula is C18H23N3O2. The standard InChI is InChI=1S/C18H23N3O2/c1-13(2)11-20-10-9-14-3-6-16(7-4-14)23-17-8-5-15(12-21-17)18(19)22/h3-8,12-13,20H,9-11H2,1-2H3,(H2,19,22). The first-order valence-electron chi connectivity index (χ1n) is 7.78. The van der Waals surface area contributed by atoms with E-state index < -0.39 is 5.91 Å². The molecular weight excluding hydrogens is 290 g/mol. The van der Waals surface area contributed by atoms with Gasteiger partial charge in [-0.2, -0.15) is 0 Å². The van der Waals surface area contributed by atoms with Gasteiger partial charge in [-0.1, -0.05) is 26.0 Å². The highest BCUT2D eigenvalue weighted by atomic mass is 16.5. The van der Waals surface area contributed by atoms with E-state index in [0.717, 1.165) is 19.5 Å². The third-order valence-electron chi connectivity index (χ3n) is 3.31. The lowest BCUT2D eigenvalue weighted by molar-refractivity contribution is 0.1000. The van der Waals surface area contributed by atoms with E-state index in [-0.39, 0.29) is 0 Å². The van der Waals surface area contributed by atoms with Gasteiger partial charge in [-0.3, -0.25) is 4.79 Å². The molecule has 0 aliphatic heterocycles. The molecule has 0 unspecified atom stereocenters. The van der Waals surface area contributed by atoms with Crippen LogP contribution in [0.5, 0.6) is 11.6 Å². The molecule has 5 heteroatoms. The predicted molar refractivity (Wildman–Crippen MR) is 90.7 cm³/mol. The summed E-state index contributed by atoms with van der Waals surface area (Å²) in [5.74, 6) is 1.31. The summed E-state index contributed by atoms with van der Waals surface area (Å²) in [6.07, 6.45) is 2.39. The van der Waals surface area contributed by atoms with Gasteiger partial charge in [0.1, 0.15) is 5.75 Å². The van der Waals surface area contributed by atoms with E-state index in [1.807, 2.05) is 24.3 Å². The van der Waals surface area contributed by atoms with E-state index in [4.69, 9.17) is 10.5 Å². The first-order valence-corrected chi connectivity index (χ1v) is 7.78. The zero-order chi connectivity index (χ0) is 16.7. The van der Waals surface area contributed by atoms with E-state index in [1.54, 1.807) is 12.1 Å². The summed E-state index contributed by atoms with van der Waals surface area (Å²) in [5.41, 5.74) is 6.79. The Morgan fingerprint density at radius 2 is 1.96 bits per heavy atom. The van der Waals surface area contributed by atoms with Crippen molar-refractivity contribution < 1.29 is 9.53 Å². The largest absolute Gasteiger partial charge is 0.439 e. The van der Waals surface area contributed by atoms with E-state index in [0.29, 0.717) is 23.1 Å². The molecule has 0 atom stereocenters. The molecule has 122 valence electrons. The van der Waals surface area contributed by atoms with Crippen molar-refractivity contribution in [2.24, 2.45) is 11.7 Å². The number of amides is 1. The fourth-order valence-corrected chi connectivity index (χ4v) is 2.05. The Morgan fingerprint density at radius 3 is 2.52 bits per heavy atom. The molecule has 0 spiro atoms. The predicted octanol–water partition coefficient (Wildman–Crippen LogP) is 2.76. The molecule has 2 rings (SSSR count). The molecule has 1 amide bonds. The van der Waals surface area contributed by atoms with Crippen molar-refractivity contribution in [1.82, 2.24) is 10.3 Å². The Labute approximate surface area is 136 Å².